The second-order valence-electron chi connectivity index (χ2n) is 3.28. The van der Waals surface area contributed by atoms with Gasteiger partial charge in [-0.1, -0.05) is 18.2 Å². The molecule has 1 aromatic carbocycles. The highest BCUT2D eigenvalue weighted by atomic mass is 32.1. The Morgan fingerprint density at radius 2 is 2.12 bits per heavy atom. The number of methoxy groups -OCH3 is 1. The number of rotatable bonds is 3. The first kappa shape index (κ1) is 11.1. The third-order valence-electron chi connectivity index (χ3n) is 2.32. The summed E-state index contributed by atoms with van der Waals surface area (Å²) < 4.78 is 18.7. The zero-order valence-electron chi connectivity index (χ0n) is 8.68. The molecule has 0 bridgehead atoms. The van der Waals surface area contributed by atoms with Crippen molar-refractivity contribution in [3.63, 3.8) is 0 Å². The summed E-state index contributed by atoms with van der Waals surface area (Å²) in [7, 11) is 1.40. The fraction of sp³-hybridized carbons (Fsp3) is 0.167. The van der Waals surface area contributed by atoms with Gasteiger partial charge in [0.25, 0.3) is 0 Å². The molecule has 0 aliphatic heterocycles. The van der Waals surface area contributed by atoms with E-state index in [1.165, 1.54) is 24.5 Å². The van der Waals surface area contributed by atoms with Crippen molar-refractivity contribution < 1.29 is 14.2 Å². The van der Waals surface area contributed by atoms with Crippen molar-refractivity contribution in [3.05, 3.63) is 52.0 Å². The summed E-state index contributed by atoms with van der Waals surface area (Å²) in [6, 6.07) is 8.34. The van der Waals surface area contributed by atoms with Crippen molar-refractivity contribution in [3.8, 4) is 5.75 Å². The molecule has 84 valence electrons. The third kappa shape index (κ3) is 1.94. The topological polar surface area (TPSA) is 29.5 Å². The van der Waals surface area contributed by atoms with Gasteiger partial charge in [0, 0.05) is 10.4 Å². The van der Waals surface area contributed by atoms with Gasteiger partial charge in [-0.3, -0.25) is 0 Å². The summed E-state index contributed by atoms with van der Waals surface area (Å²) in [6.45, 7) is 0. The standard InChI is InChI=1S/C12H11FO2S/c1-15-9-5-2-4-8(11(9)13)12(14)10-6-3-7-16-10/h2-7,12,14H,1H3. The van der Waals surface area contributed by atoms with Crippen LogP contribution in [0.1, 0.15) is 16.5 Å². The Morgan fingerprint density at radius 1 is 1.31 bits per heavy atom. The molecule has 2 nitrogen and oxygen atoms in total. The molecule has 2 aromatic rings. The van der Waals surface area contributed by atoms with Crippen LogP contribution in [0.4, 0.5) is 4.39 Å². The Hall–Kier alpha value is -1.39. The molecule has 0 aliphatic carbocycles. The summed E-state index contributed by atoms with van der Waals surface area (Å²) in [5.41, 5.74) is 0.238. The van der Waals surface area contributed by atoms with Crippen molar-refractivity contribution in [2.45, 2.75) is 6.10 Å². The van der Waals surface area contributed by atoms with Crippen LogP contribution in [0.2, 0.25) is 0 Å². The molecule has 0 fully saturated rings. The molecule has 1 unspecified atom stereocenters. The van der Waals surface area contributed by atoms with E-state index in [1.807, 2.05) is 11.4 Å². The molecular formula is C12H11FO2S. The first-order valence-electron chi connectivity index (χ1n) is 4.78. The van der Waals surface area contributed by atoms with E-state index in [4.69, 9.17) is 4.74 Å². The van der Waals surface area contributed by atoms with E-state index in [0.717, 1.165) is 0 Å². The van der Waals surface area contributed by atoms with Gasteiger partial charge in [-0.2, -0.15) is 0 Å². The van der Waals surface area contributed by atoms with E-state index >= 15 is 0 Å². The maximum Gasteiger partial charge on any atom is 0.171 e. The lowest BCUT2D eigenvalue weighted by atomic mass is 10.1. The third-order valence-corrected chi connectivity index (χ3v) is 3.25. The van der Waals surface area contributed by atoms with E-state index in [1.54, 1.807) is 18.2 Å². The second kappa shape index (κ2) is 4.63. The Bertz CT molecular complexity index is 468. The minimum atomic E-state index is -0.935. The molecule has 1 heterocycles. The lowest BCUT2D eigenvalue weighted by Gasteiger charge is -2.12. The van der Waals surface area contributed by atoms with Crippen LogP contribution in [-0.4, -0.2) is 12.2 Å². The number of ether oxygens (including phenoxy) is 1. The maximum atomic E-state index is 13.8. The highest BCUT2D eigenvalue weighted by Crippen LogP contribution is 2.31. The monoisotopic (exact) mass is 238 g/mol. The van der Waals surface area contributed by atoms with Gasteiger partial charge in [0.2, 0.25) is 0 Å². The molecule has 0 saturated carbocycles. The van der Waals surface area contributed by atoms with Crippen molar-refractivity contribution in [1.82, 2.24) is 0 Å². The lowest BCUT2D eigenvalue weighted by Crippen LogP contribution is -2.02. The van der Waals surface area contributed by atoms with Crippen molar-refractivity contribution in [1.29, 1.82) is 0 Å². The lowest BCUT2D eigenvalue weighted by molar-refractivity contribution is 0.217. The van der Waals surface area contributed by atoms with Gasteiger partial charge in [0.05, 0.1) is 7.11 Å². The van der Waals surface area contributed by atoms with Gasteiger partial charge >= 0.3 is 0 Å². The molecule has 2 rings (SSSR count). The highest BCUT2D eigenvalue weighted by molar-refractivity contribution is 7.10. The minimum Gasteiger partial charge on any atom is -0.494 e. The first-order chi connectivity index (χ1) is 7.74. The van der Waals surface area contributed by atoms with Gasteiger partial charge in [-0.25, -0.2) is 4.39 Å². The van der Waals surface area contributed by atoms with Crippen LogP contribution in [0.5, 0.6) is 5.75 Å². The van der Waals surface area contributed by atoms with Crippen LogP contribution >= 0.6 is 11.3 Å². The molecule has 0 spiro atoms. The SMILES string of the molecule is COc1cccc(C(O)c2cccs2)c1F. The number of aliphatic hydroxyl groups is 1. The molecular weight excluding hydrogens is 227 g/mol. The van der Waals surface area contributed by atoms with Gasteiger partial charge in [-0.15, -0.1) is 11.3 Å². The van der Waals surface area contributed by atoms with Crippen LogP contribution in [0.15, 0.2) is 35.7 Å². The molecule has 1 aromatic heterocycles. The van der Waals surface area contributed by atoms with Crippen molar-refractivity contribution in [2.75, 3.05) is 7.11 Å². The van der Waals surface area contributed by atoms with Gasteiger partial charge in [0.15, 0.2) is 11.6 Å². The zero-order valence-corrected chi connectivity index (χ0v) is 9.50. The fourth-order valence-corrected chi connectivity index (χ4v) is 2.22. The average molecular weight is 238 g/mol. The van der Waals surface area contributed by atoms with Crippen LogP contribution in [0.3, 0.4) is 0 Å². The summed E-state index contributed by atoms with van der Waals surface area (Å²) in [5, 5.41) is 11.8. The number of hydrogen-bond acceptors (Lipinski definition) is 3. The van der Waals surface area contributed by atoms with E-state index in [9.17, 15) is 9.50 Å². The molecule has 1 N–H and O–H groups in total. The van der Waals surface area contributed by atoms with E-state index < -0.39 is 11.9 Å². The van der Waals surface area contributed by atoms with E-state index in [-0.39, 0.29) is 11.3 Å². The van der Waals surface area contributed by atoms with Crippen LogP contribution in [-0.2, 0) is 0 Å². The number of benzene rings is 1. The Morgan fingerprint density at radius 3 is 2.75 bits per heavy atom. The molecule has 0 aliphatic rings. The van der Waals surface area contributed by atoms with E-state index in [0.29, 0.717) is 4.88 Å². The summed E-state index contributed by atoms with van der Waals surface area (Å²) in [5.74, 6) is -0.362. The number of thiophene rings is 1. The second-order valence-corrected chi connectivity index (χ2v) is 4.26. The summed E-state index contributed by atoms with van der Waals surface area (Å²) >= 11 is 1.39. The Balaban J connectivity index is 2.41. The minimum absolute atomic E-state index is 0.146. The number of halogens is 1. The maximum absolute atomic E-state index is 13.8. The predicted molar refractivity (Wildman–Crippen MR) is 61.3 cm³/mol. The van der Waals surface area contributed by atoms with Crippen molar-refractivity contribution >= 4 is 11.3 Å². The Kier molecular flexibility index (Phi) is 3.22. The molecule has 4 heteroatoms. The van der Waals surface area contributed by atoms with Gasteiger partial charge in [0.1, 0.15) is 6.10 Å². The smallest absolute Gasteiger partial charge is 0.171 e. The highest BCUT2D eigenvalue weighted by Gasteiger charge is 2.18. The quantitative estimate of drug-likeness (QED) is 0.890. The van der Waals surface area contributed by atoms with Crippen molar-refractivity contribution in [2.24, 2.45) is 0 Å². The zero-order chi connectivity index (χ0) is 11.5. The predicted octanol–water partition coefficient (Wildman–Crippen LogP) is 2.98. The van der Waals surface area contributed by atoms with Crippen LogP contribution < -0.4 is 4.74 Å². The summed E-state index contributed by atoms with van der Waals surface area (Å²) in [4.78, 5) is 0.715. The van der Waals surface area contributed by atoms with E-state index in [2.05, 4.69) is 0 Å². The molecule has 0 amide bonds. The molecule has 0 radical (unpaired) electrons. The normalized spacial score (nSPS) is 12.4. The van der Waals surface area contributed by atoms with Crippen LogP contribution in [0, 0.1) is 5.82 Å². The van der Waals surface area contributed by atoms with Gasteiger partial charge < -0.3 is 9.84 Å². The largest absolute Gasteiger partial charge is 0.494 e. The molecule has 1 atom stereocenters. The molecule has 16 heavy (non-hydrogen) atoms. The van der Waals surface area contributed by atoms with Gasteiger partial charge in [-0.05, 0) is 17.5 Å². The molecule has 0 saturated heterocycles. The van der Waals surface area contributed by atoms with Crippen LogP contribution in [0.25, 0.3) is 0 Å². The summed E-state index contributed by atoms with van der Waals surface area (Å²) in [6.07, 6.45) is -0.935. The average Bonchev–Trinajstić information content (AvgIpc) is 2.82. The number of aliphatic hydroxyl groups excluding tert-OH is 1. The Labute approximate surface area is 96.9 Å². The number of hydrogen-bond donors (Lipinski definition) is 1. The fourth-order valence-electron chi connectivity index (χ4n) is 1.50. The first-order valence-corrected chi connectivity index (χ1v) is 5.66.